The Bertz CT molecular complexity index is 908. The summed E-state index contributed by atoms with van der Waals surface area (Å²) < 4.78 is 5.54. The first kappa shape index (κ1) is 17.3. The van der Waals surface area contributed by atoms with Crippen LogP contribution in [0.2, 0.25) is 0 Å². The number of amides is 2. The normalized spacial score (nSPS) is 10.3. The molecule has 0 aliphatic rings. The molecule has 3 aromatic rings. The topological polar surface area (TPSA) is 110 Å². The summed E-state index contributed by atoms with van der Waals surface area (Å²) in [5.41, 5.74) is 1.95. The van der Waals surface area contributed by atoms with Gasteiger partial charge in [-0.15, -0.1) is 10.2 Å². The molecule has 0 radical (unpaired) electrons. The van der Waals surface area contributed by atoms with Crippen molar-refractivity contribution in [3.05, 3.63) is 54.7 Å². The van der Waals surface area contributed by atoms with Gasteiger partial charge in [0, 0.05) is 43.5 Å². The highest BCUT2D eigenvalue weighted by molar-refractivity contribution is 5.93. The van der Waals surface area contributed by atoms with E-state index in [1.54, 1.807) is 42.7 Å². The van der Waals surface area contributed by atoms with Crippen LogP contribution in [0, 0.1) is 0 Å². The Hall–Kier alpha value is -3.55. The lowest BCUT2D eigenvalue weighted by Crippen LogP contribution is -2.13. The highest BCUT2D eigenvalue weighted by Gasteiger charge is 2.11. The molecular weight excluding hydrogens is 334 g/mol. The van der Waals surface area contributed by atoms with Crippen molar-refractivity contribution in [2.75, 3.05) is 10.6 Å². The van der Waals surface area contributed by atoms with Crippen LogP contribution in [0.4, 0.5) is 11.4 Å². The highest BCUT2D eigenvalue weighted by atomic mass is 16.4. The molecule has 0 fully saturated rings. The number of carbonyl (C=O) groups is 2. The quantitative estimate of drug-likeness (QED) is 0.706. The fourth-order valence-corrected chi connectivity index (χ4v) is 2.28. The predicted octanol–water partition coefficient (Wildman–Crippen LogP) is 2.66. The van der Waals surface area contributed by atoms with E-state index < -0.39 is 0 Å². The zero-order valence-electron chi connectivity index (χ0n) is 14.1. The van der Waals surface area contributed by atoms with Crippen LogP contribution in [-0.2, 0) is 16.0 Å². The number of aryl methyl sites for hydroxylation is 1. The van der Waals surface area contributed by atoms with Crippen molar-refractivity contribution < 1.29 is 14.0 Å². The molecule has 8 nitrogen and oxygen atoms in total. The van der Waals surface area contributed by atoms with E-state index in [2.05, 4.69) is 25.8 Å². The van der Waals surface area contributed by atoms with E-state index >= 15 is 0 Å². The molecule has 8 heteroatoms. The van der Waals surface area contributed by atoms with Gasteiger partial charge in [0.25, 0.3) is 0 Å². The second-order valence-electron chi connectivity index (χ2n) is 5.55. The third-order valence-electron chi connectivity index (χ3n) is 3.41. The first-order valence-electron chi connectivity index (χ1n) is 8.00. The summed E-state index contributed by atoms with van der Waals surface area (Å²) in [6.07, 6.45) is 3.81. The number of pyridine rings is 1. The van der Waals surface area contributed by atoms with E-state index in [0.29, 0.717) is 29.6 Å². The number of rotatable bonds is 6. The molecule has 0 unspecified atom stereocenters. The van der Waals surface area contributed by atoms with Crippen LogP contribution in [0.3, 0.4) is 0 Å². The Morgan fingerprint density at radius 1 is 1.08 bits per heavy atom. The molecule has 0 saturated heterocycles. The van der Waals surface area contributed by atoms with E-state index in [9.17, 15) is 9.59 Å². The summed E-state index contributed by atoms with van der Waals surface area (Å²) in [7, 11) is 0. The average molecular weight is 351 g/mol. The van der Waals surface area contributed by atoms with Gasteiger partial charge in [-0.05, 0) is 30.3 Å². The average Bonchev–Trinajstić information content (AvgIpc) is 3.09. The van der Waals surface area contributed by atoms with Gasteiger partial charge in [0.05, 0.1) is 5.56 Å². The molecular formula is C18H17N5O3. The van der Waals surface area contributed by atoms with E-state index in [1.165, 1.54) is 6.92 Å². The molecule has 0 aliphatic heterocycles. The predicted molar refractivity (Wildman–Crippen MR) is 95.2 cm³/mol. The minimum absolute atomic E-state index is 0.172. The van der Waals surface area contributed by atoms with Crippen LogP contribution in [0.25, 0.3) is 11.5 Å². The Morgan fingerprint density at radius 2 is 1.88 bits per heavy atom. The summed E-state index contributed by atoms with van der Waals surface area (Å²) in [5.74, 6) is 0.392. The second-order valence-corrected chi connectivity index (χ2v) is 5.55. The lowest BCUT2D eigenvalue weighted by Gasteiger charge is -2.07. The highest BCUT2D eigenvalue weighted by Crippen LogP contribution is 2.18. The fourth-order valence-electron chi connectivity index (χ4n) is 2.28. The zero-order valence-corrected chi connectivity index (χ0v) is 14.1. The summed E-state index contributed by atoms with van der Waals surface area (Å²) in [6.45, 7) is 1.43. The molecule has 26 heavy (non-hydrogen) atoms. The third kappa shape index (κ3) is 4.73. The monoisotopic (exact) mass is 351 g/mol. The molecule has 2 amide bonds. The Kier molecular flexibility index (Phi) is 5.33. The summed E-state index contributed by atoms with van der Waals surface area (Å²) >= 11 is 0. The fraction of sp³-hybridized carbons (Fsp3) is 0.167. The van der Waals surface area contributed by atoms with Gasteiger partial charge in [-0.2, -0.15) is 0 Å². The van der Waals surface area contributed by atoms with Gasteiger partial charge < -0.3 is 15.1 Å². The SMILES string of the molecule is CC(=O)Nc1cccc(NC(=O)CCc2nnc(-c3cccnc3)o2)c1. The first-order chi connectivity index (χ1) is 12.6. The summed E-state index contributed by atoms with van der Waals surface area (Å²) in [6, 6.07) is 10.5. The van der Waals surface area contributed by atoms with E-state index in [0.717, 1.165) is 5.56 Å². The summed E-state index contributed by atoms with van der Waals surface area (Å²) in [4.78, 5) is 27.2. The van der Waals surface area contributed by atoms with Gasteiger partial charge in [0.1, 0.15) is 0 Å². The van der Waals surface area contributed by atoms with Crippen LogP contribution in [0.1, 0.15) is 19.2 Å². The lowest BCUT2D eigenvalue weighted by molar-refractivity contribution is -0.116. The molecule has 132 valence electrons. The van der Waals surface area contributed by atoms with Gasteiger partial charge in [-0.1, -0.05) is 6.07 Å². The van der Waals surface area contributed by atoms with Gasteiger partial charge in [-0.25, -0.2) is 0 Å². The molecule has 2 heterocycles. The second kappa shape index (κ2) is 8.02. The Balaban J connectivity index is 1.55. The third-order valence-corrected chi connectivity index (χ3v) is 3.41. The molecule has 2 aromatic heterocycles. The zero-order chi connectivity index (χ0) is 18.4. The molecule has 1 aromatic carbocycles. The number of nitrogens with one attached hydrogen (secondary N) is 2. The van der Waals surface area contributed by atoms with Gasteiger partial charge in [0.15, 0.2) is 0 Å². The standard InChI is InChI=1S/C18H17N5O3/c1-12(24)20-14-5-2-6-15(10-14)21-16(25)7-8-17-22-23-18(26-17)13-4-3-9-19-11-13/h2-6,9-11H,7-8H2,1H3,(H,20,24)(H,21,25). The maximum Gasteiger partial charge on any atom is 0.249 e. The smallest absolute Gasteiger partial charge is 0.249 e. The number of nitrogens with zero attached hydrogens (tertiary/aromatic N) is 3. The van der Waals surface area contributed by atoms with E-state index in [-0.39, 0.29) is 18.2 Å². The van der Waals surface area contributed by atoms with Gasteiger partial charge in [-0.3, -0.25) is 14.6 Å². The van der Waals surface area contributed by atoms with Crippen LogP contribution < -0.4 is 10.6 Å². The van der Waals surface area contributed by atoms with Crippen LogP contribution in [0.15, 0.2) is 53.2 Å². The van der Waals surface area contributed by atoms with Crippen molar-refractivity contribution >= 4 is 23.2 Å². The van der Waals surface area contributed by atoms with Crippen LogP contribution in [0.5, 0.6) is 0 Å². The Labute approximate surface area is 149 Å². The maximum absolute atomic E-state index is 12.1. The molecule has 0 aliphatic carbocycles. The van der Waals surface area contributed by atoms with Crippen molar-refractivity contribution in [2.24, 2.45) is 0 Å². The number of anilines is 2. The number of benzene rings is 1. The van der Waals surface area contributed by atoms with Crippen LogP contribution in [-0.4, -0.2) is 27.0 Å². The first-order valence-corrected chi connectivity index (χ1v) is 8.00. The molecule has 0 spiro atoms. The molecule has 0 saturated carbocycles. The van der Waals surface area contributed by atoms with Crippen LogP contribution >= 0.6 is 0 Å². The minimum Gasteiger partial charge on any atom is -0.421 e. The van der Waals surface area contributed by atoms with E-state index in [4.69, 9.17) is 4.42 Å². The maximum atomic E-state index is 12.1. The molecule has 3 rings (SSSR count). The number of hydrogen-bond donors (Lipinski definition) is 2. The van der Waals surface area contributed by atoms with E-state index in [1.807, 2.05) is 6.07 Å². The van der Waals surface area contributed by atoms with Crippen molar-refractivity contribution in [2.45, 2.75) is 19.8 Å². The number of carbonyl (C=O) groups excluding carboxylic acids is 2. The van der Waals surface area contributed by atoms with Crippen molar-refractivity contribution in [1.82, 2.24) is 15.2 Å². The van der Waals surface area contributed by atoms with Crippen molar-refractivity contribution in [3.63, 3.8) is 0 Å². The minimum atomic E-state index is -0.189. The van der Waals surface area contributed by atoms with Gasteiger partial charge >= 0.3 is 0 Å². The van der Waals surface area contributed by atoms with Crippen molar-refractivity contribution in [3.8, 4) is 11.5 Å². The number of aromatic nitrogens is 3. The number of hydrogen-bond acceptors (Lipinski definition) is 6. The molecule has 0 atom stereocenters. The van der Waals surface area contributed by atoms with Crippen molar-refractivity contribution in [1.29, 1.82) is 0 Å². The molecule has 0 bridgehead atoms. The lowest BCUT2D eigenvalue weighted by atomic mass is 10.2. The Morgan fingerprint density at radius 3 is 2.62 bits per heavy atom. The molecule has 2 N–H and O–H groups in total. The largest absolute Gasteiger partial charge is 0.421 e. The summed E-state index contributed by atoms with van der Waals surface area (Å²) in [5, 5.41) is 13.3. The van der Waals surface area contributed by atoms with Gasteiger partial charge in [0.2, 0.25) is 23.6 Å².